The normalized spacial score (nSPS) is 26.2. The van der Waals surface area contributed by atoms with Gasteiger partial charge in [0.1, 0.15) is 0 Å². The van der Waals surface area contributed by atoms with Gasteiger partial charge in [0, 0.05) is 18.6 Å². The monoisotopic (exact) mass is 268 g/mol. The number of aryl methyl sites for hydroxylation is 1. The summed E-state index contributed by atoms with van der Waals surface area (Å²) in [7, 11) is -3.39. The van der Waals surface area contributed by atoms with Gasteiger partial charge in [-0.1, -0.05) is 18.2 Å². The molecule has 2 unspecified atom stereocenters. The molecule has 1 saturated heterocycles. The number of sulfonamides is 1. The number of hydrogen-bond acceptors (Lipinski definition) is 3. The van der Waals surface area contributed by atoms with Crippen molar-refractivity contribution in [2.24, 2.45) is 5.73 Å². The summed E-state index contributed by atoms with van der Waals surface area (Å²) in [4.78, 5) is 0.410. The van der Waals surface area contributed by atoms with E-state index in [2.05, 4.69) is 0 Å². The summed E-state index contributed by atoms with van der Waals surface area (Å²) >= 11 is 0. The first-order valence-corrected chi connectivity index (χ1v) is 7.70. The Bertz CT molecular complexity index is 528. The molecular formula is C13H20N2O2S. The molecule has 1 aromatic rings. The molecule has 100 valence electrons. The van der Waals surface area contributed by atoms with E-state index in [-0.39, 0.29) is 12.1 Å². The van der Waals surface area contributed by atoms with Crippen LogP contribution in [0.4, 0.5) is 0 Å². The van der Waals surface area contributed by atoms with Crippen molar-refractivity contribution in [2.75, 3.05) is 6.54 Å². The number of rotatable bonds is 2. The van der Waals surface area contributed by atoms with Crippen LogP contribution in [0.15, 0.2) is 29.2 Å². The maximum atomic E-state index is 12.6. The van der Waals surface area contributed by atoms with Gasteiger partial charge >= 0.3 is 0 Å². The Kier molecular flexibility index (Phi) is 3.75. The summed E-state index contributed by atoms with van der Waals surface area (Å²) in [6, 6.07) is 7.20. The lowest BCUT2D eigenvalue weighted by molar-refractivity contribution is 0.247. The highest BCUT2D eigenvalue weighted by Crippen LogP contribution is 2.26. The molecule has 1 aromatic carbocycles. The van der Waals surface area contributed by atoms with Crippen LogP contribution in [0.2, 0.25) is 0 Å². The van der Waals surface area contributed by atoms with Crippen LogP contribution in [-0.2, 0) is 10.0 Å². The Hall–Kier alpha value is -0.910. The molecule has 2 atom stereocenters. The molecule has 2 rings (SSSR count). The third-order valence-electron chi connectivity index (χ3n) is 3.54. The van der Waals surface area contributed by atoms with E-state index in [4.69, 9.17) is 5.73 Å². The molecule has 4 nitrogen and oxygen atoms in total. The van der Waals surface area contributed by atoms with Gasteiger partial charge < -0.3 is 5.73 Å². The number of benzene rings is 1. The molecule has 0 amide bonds. The van der Waals surface area contributed by atoms with Gasteiger partial charge in [0.25, 0.3) is 0 Å². The standard InChI is InChI=1S/C13H20N2O2S/c1-10-5-3-4-6-13(10)18(16,17)15-8-7-12(14)9-11(15)2/h3-6,11-12H,7-9,14H2,1-2H3. The van der Waals surface area contributed by atoms with Crippen LogP contribution in [0.1, 0.15) is 25.3 Å². The number of nitrogens with zero attached hydrogens (tertiary/aromatic N) is 1. The fraction of sp³-hybridized carbons (Fsp3) is 0.538. The zero-order valence-corrected chi connectivity index (χ0v) is 11.7. The minimum Gasteiger partial charge on any atom is -0.328 e. The van der Waals surface area contributed by atoms with E-state index in [1.54, 1.807) is 16.4 Å². The number of hydrogen-bond donors (Lipinski definition) is 1. The average molecular weight is 268 g/mol. The highest BCUT2D eigenvalue weighted by atomic mass is 32.2. The summed E-state index contributed by atoms with van der Waals surface area (Å²) < 4.78 is 26.8. The summed E-state index contributed by atoms with van der Waals surface area (Å²) in [5.74, 6) is 0. The number of piperidine rings is 1. The Morgan fingerprint density at radius 3 is 2.61 bits per heavy atom. The van der Waals surface area contributed by atoms with Crippen LogP contribution in [0.25, 0.3) is 0 Å². The van der Waals surface area contributed by atoms with Crippen molar-refractivity contribution in [1.82, 2.24) is 4.31 Å². The van der Waals surface area contributed by atoms with Gasteiger partial charge in [0.15, 0.2) is 0 Å². The van der Waals surface area contributed by atoms with E-state index in [0.717, 1.165) is 18.4 Å². The van der Waals surface area contributed by atoms with Crippen LogP contribution >= 0.6 is 0 Å². The molecule has 0 radical (unpaired) electrons. The highest BCUT2D eigenvalue weighted by molar-refractivity contribution is 7.89. The zero-order chi connectivity index (χ0) is 13.3. The molecule has 1 aliphatic heterocycles. The van der Waals surface area contributed by atoms with Gasteiger partial charge in [-0.2, -0.15) is 4.31 Å². The highest BCUT2D eigenvalue weighted by Gasteiger charge is 2.33. The molecule has 1 fully saturated rings. The van der Waals surface area contributed by atoms with Crippen LogP contribution in [0, 0.1) is 6.92 Å². The Balaban J connectivity index is 2.35. The molecule has 1 aliphatic rings. The topological polar surface area (TPSA) is 63.4 Å². The Labute approximate surface area is 109 Å². The predicted octanol–water partition coefficient (Wildman–Crippen LogP) is 1.50. The maximum Gasteiger partial charge on any atom is 0.243 e. The quantitative estimate of drug-likeness (QED) is 0.884. The first-order chi connectivity index (χ1) is 8.43. The molecule has 0 saturated carbocycles. The molecule has 18 heavy (non-hydrogen) atoms. The van der Waals surface area contributed by atoms with Gasteiger partial charge in [-0.05, 0) is 38.3 Å². The molecule has 0 aromatic heterocycles. The predicted molar refractivity (Wildman–Crippen MR) is 71.7 cm³/mol. The molecule has 0 bridgehead atoms. The second-order valence-corrected chi connectivity index (χ2v) is 6.87. The van der Waals surface area contributed by atoms with Crippen molar-refractivity contribution in [3.05, 3.63) is 29.8 Å². The third kappa shape index (κ3) is 2.43. The van der Waals surface area contributed by atoms with Crippen molar-refractivity contribution >= 4 is 10.0 Å². The molecule has 2 N–H and O–H groups in total. The van der Waals surface area contributed by atoms with Gasteiger partial charge in [-0.15, -0.1) is 0 Å². The van der Waals surface area contributed by atoms with Crippen LogP contribution in [0.5, 0.6) is 0 Å². The smallest absolute Gasteiger partial charge is 0.243 e. The minimum absolute atomic E-state index is 0.0293. The Morgan fingerprint density at radius 2 is 2.00 bits per heavy atom. The van der Waals surface area contributed by atoms with Crippen molar-refractivity contribution in [1.29, 1.82) is 0 Å². The maximum absolute atomic E-state index is 12.6. The lowest BCUT2D eigenvalue weighted by Gasteiger charge is -2.35. The van der Waals surface area contributed by atoms with E-state index >= 15 is 0 Å². The second-order valence-electron chi connectivity index (χ2n) is 5.01. The lowest BCUT2D eigenvalue weighted by atomic mass is 10.0. The summed E-state index contributed by atoms with van der Waals surface area (Å²) in [5.41, 5.74) is 6.67. The number of nitrogens with two attached hydrogens (primary N) is 1. The summed E-state index contributed by atoms with van der Waals surface area (Å²) in [6.45, 7) is 4.26. The first-order valence-electron chi connectivity index (χ1n) is 6.26. The van der Waals surface area contributed by atoms with Gasteiger partial charge in [0.05, 0.1) is 4.90 Å². The zero-order valence-electron chi connectivity index (χ0n) is 10.8. The summed E-state index contributed by atoms with van der Waals surface area (Å²) in [6.07, 6.45) is 1.46. The first kappa shape index (κ1) is 13.5. The molecule has 5 heteroatoms. The fourth-order valence-corrected chi connectivity index (χ4v) is 4.40. The minimum atomic E-state index is -3.39. The van der Waals surface area contributed by atoms with Crippen LogP contribution in [-0.4, -0.2) is 31.4 Å². The van der Waals surface area contributed by atoms with Crippen molar-refractivity contribution in [2.45, 2.75) is 43.7 Å². The molecule has 1 heterocycles. The van der Waals surface area contributed by atoms with Crippen molar-refractivity contribution in [3.63, 3.8) is 0 Å². The van der Waals surface area contributed by atoms with E-state index < -0.39 is 10.0 Å². The molecule has 0 spiro atoms. The molecular weight excluding hydrogens is 248 g/mol. The fourth-order valence-electron chi connectivity index (χ4n) is 2.52. The SMILES string of the molecule is Cc1ccccc1S(=O)(=O)N1CCC(N)CC1C. The van der Waals surface area contributed by atoms with Crippen molar-refractivity contribution in [3.8, 4) is 0 Å². The average Bonchev–Trinajstić information content (AvgIpc) is 2.28. The van der Waals surface area contributed by atoms with E-state index in [1.165, 1.54) is 0 Å². The van der Waals surface area contributed by atoms with E-state index in [1.807, 2.05) is 26.0 Å². The van der Waals surface area contributed by atoms with Crippen molar-refractivity contribution < 1.29 is 8.42 Å². The van der Waals surface area contributed by atoms with Crippen LogP contribution < -0.4 is 5.73 Å². The van der Waals surface area contributed by atoms with Gasteiger partial charge in [-0.25, -0.2) is 8.42 Å². The lowest BCUT2D eigenvalue weighted by Crippen LogP contribution is -2.48. The third-order valence-corrected chi connectivity index (χ3v) is 5.71. The van der Waals surface area contributed by atoms with E-state index in [9.17, 15) is 8.42 Å². The summed E-state index contributed by atoms with van der Waals surface area (Å²) in [5, 5.41) is 0. The van der Waals surface area contributed by atoms with Gasteiger partial charge in [-0.3, -0.25) is 0 Å². The van der Waals surface area contributed by atoms with E-state index in [0.29, 0.717) is 11.4 Å². The van der Waals surface area contributed by atoms with Crippen LogP contribution in [0.3, 0.4) is 0 Å². The largest absolute Gasteiger partial charge is 0.328 e. The molecule has 0 aliphatic carbocycles. The Morgan fingerprint density at radius 1 is 1.33 bits per heavy atom. The second kappa shape index (κ2) is 4.99. The van der Waals surface area contributed by atoms with Gasteiger partial charge in [0.2, 0.25) is 10.0 Å².